The number of benzene rings is 2. The molecule has 1 N–H and O–H groups in total. The minimum atomic E-state index is 0.00787. The smallest absolute Gasteiger partial charge is 0.238 e. The Balaban J connectivity index is 1.72. The van der Waals surface area contributed by atoms with Crippen LogP contribution in [0.5, 0.6) is 11.5 Å². The Bertz CT molecular complexity index is 781. The first-order valence-electron chi connectivity index (χ1n) is 8.62. The lowest BCUT2D eigenvalue weighted by Gasteiger charge is -2.26. The van der Waals surface area contributed by atoms with Gasteiger partial charge in [0.15, 0.2) is 0 Å². The van der Waals surface area contributed by atoms with Gasteiger partial charge in [-0.2, -0.15) is 0 Å². The summed E-state index contributed by atoms with van der Waals surface area (Å²) in [7, 11) is 3.31. The number of ether oxygens (including phenoxy) is 2. The van der Waals surface area contributed by atoms with E-state index in [9.17, 15) is 4.79 Å². The molecule has 1 atom stereocenters. The Morgan fingerprint density at radius 2 is 2.04 bits per heavy atom. The van der Waals surface area contributed by atoms with E-state index in [1.165, 1.54) is 0 Å². The van der Waals surface area contributed by atoms with Gasteiger partial charge in [0, 0.05) is 21.2 Å². The maximum absolute atomic E-state index is 12.5. The van der Waals surface area contributed by atoms with Crippen LogP contribution in [0.25, 0.3) is 0 Å². The number of likely N-dealkylation sites (tertiary alicyclic amines) is 1. The van der Waals surface area contributed by atoms with E-state index in [1.54, 1.807) is 14.2 Å². The average molecular weight is 466 g/mol. The van der Waals surface area contributed by atoms with Crippen LogP contribution in [-0.4, -0.2) is 38.1 Å². The van der Waals surface area contributed by atoms with Gasteiger partial charge in [-0.1, -0.05) is 18.2 Å². The minimum absolute atomic E-state index is 0.00787. The molecular weight excluding hydrogens is 443 g/mol. The quantitative estimate of drug-likeness (QED) is 0.652. The summed E-state index contributed by atoms with van der Waals surface area (Å²) in [6.07, 6.45) is 2.08. The van der Waals surface area contributed by atoms with E-state index in [4.69, 9.17) is 9.47 Å². The van der Waals surface area contributed by atoms with Gasteiger partial charge >= 0.3 is 0 Å². The van der Waals surface area contributed by atoms with E-state index in [1.807, 2.05) is 42.5 Å². The van der Waals surface area contributed by atoms with Crippen molar-refractivity contribution in [1.29, 1.82) is 0 Å². The Kier molecular flexibility index (Phi) is 6.37. The second-order valence-electron chi connectivity index (χ2n) is 6.26. The number of nitrogens with zero attached hydrogens (tertiary/aromatic N) is 1. The van der Waals surface area contributed by atoms with Crippen molar-refractivity contribution in [2.75, 3.05) is 32.6 Å². The zero-order valence-corrected chi connectivity index (χ0v) is 17.2. The highest BCUT2D eigenvalue weighted by Crippen LogP contribution is 2.38. The maximum Gasteiger partial charge on any atom is 0.238 e. The monoisotopic (exact) mass is 466 g/mol. The molecule has 0 saturated carbocycles. The van der Waals surface area contributed by atoms with Crippen molar-refractivity contribution in [2.45, 2.75) is 18.9 Å². The molecule has 3 rings (SSSR count). The third kappa shape index (κ3) is 4.29. The van der Waals surface area contributed by atoms with Crippen LogP contribution in [0, 0.1) is 3.57 Å². The zero-order valence-electron chi connectivity index (χ0n) is 15.0. The first kappa shape index (κ1) is 19.0. The van der Waals surface area contributed by atoms with Gasteiger partial charge < -0.3 is 14.8 Å². The summed E-state index contributed by atoms with van der Waals surface area (Å²) in [6, 6.07) is 13.9. The van der Waals surface area contributed by atoms with Crippen LogP contribution in [0.4, 0.5) is 5.69 Å². The standard InChI is InChI=1S/C20H23IN2O3/c1-25-14-9-10-15(19(12-14)26-2)18-8-5-11-23(18)13-20(24)22-17-7-4-3-6-16(17)21/h3-4,6-7,9-10,12,18H,5,8,11,13H2,1-2H3,(H,22,24)/t18-/m0/s1. The van der Waals surface area contributed by atoms with Crippen LogP contribution in [0.15, 0.2) is 42.5 Å². The van der Waals surface area contributed by atoms with E-state index in [-0.39, 0.29) is 11.9 Å². The summed E-state index contributed by atoms with van der Waals surface area (Å²) in [4.78, 5) is 14.8. The van der Waals surface area contributed by atoms with Gasteiger partial charge in [0.25, 0.3) is 0 Å². The Hall–Kier alpha value is -1.80. The van der Waals surface area contributed by atoms with E-state index >= 15 is 0 Å². The highest BCUT2D eigenvalue weighted by molar-refractivity contribution is 14.1. The van der Waals surface area contributed by atoms with Gasteiger partial charge in [-0.25, -0.2) is 0 Å². The number of halogens is 1. The molecule has 0 bridgehead atoms. The fourth-order valence-corrected chi connectivity index (χ4v) is 3.92. The van der Waals surface area contributed by atoms with E-state index in [2.05, 4.69) is 32.8 Å². The van der Waals surface area contributed by atoms with Gasteiger partial charge in [0.05, 0.1) is 26.5 Å². The molecule has 0 aromatic heterocycles. The van der Waals surface area contributed by atoms with Gasteiger partial charge in [-0.05, 0) is 60.2 Å². The highest BCUT2D eigenvalue weighted by atomic mass is 127. The number of carbonyl (C=O) groups excluding carboxylic acids is 1. The van der Waals surface area contributed by atoms with Crippen LogP contribution in [0.2, 0.25) is 0 Å². The van der Waals surface area contributed by atoms with Crippen LogP contribution in [0.1, 0.15) is 24.4 Å². The Morgan fingerprint density at radius 3 is 2.77 bits per heavy atom. The molecule has 138 valence electrons. The van der Waals surface area contributed by atoms with Crippen LogP contribution >= 0.6 is 22.6 Å². The molecule has 0 radical (unpaired) electrons. The number of amides is 1. The van der Waals surface area contributed by atoms with Crippen LogP contribution in [0.3, 0.4) is 0 Å². The topological polar surface area (TPSA) is 50.8 Å². The molecular formula is C20H23IN2O3. The van der Waals surface area contributed by atoms with Gasteiger partial charge in [-0.3, -0.25) is 9.69 Å². The molecule has 26 heavy (non-hydrogen) atoms. The molecule has 2 aromatic rings. The average Bonchev–Trinajstić information content (AvgIpc) is 3.10. The molecule has 2 aromatic carbocycles. The number of para-hydroxylation sites is 1. The number of methoxy groups -OCH3 is 2. The molecule has 0 aliphatic carbocycles. The molecule has 1 saturated heterocycles. The van der Waals surface area contributed by atoms with Crippen molar-refractivity contribution < 1.29 is 14.3 Å². The fourth-order valence-electron chi connectivity index (χ4n) is 3.40. The van der Waals surface area contributed by atoms with Crippen molar-refractivity contribution >= 4 is 34.2 Å². The Morgan fingerprint density at radius 1 is 1.23 bits per heavy atom. The summed E-state index contributed by atoms with van der Waals surface area (Å²) in [5.41, 5.74) is 1.96. The van der Waals surface area contributed by atoms with Gasteiger partial charge in [0.1, 0.15) is 11.5 Å². The van der Waals surface area contributed by atoms with E-state index < -0.39 is 0 Å². The molecule has 1 fully saturated rings. The predicted octanol–water partition coefficient (Wildman–Crippen LogP) is 4.08. The number of rotatable bonds is 6. The second kappa shape index (κ2) is 8.73. The summed E-state index contributed by atoms with van der Waals surface area (Å²) in [5, 5.41) is 3.02. The Labute approximate surface area is 167 Å². The first-order valence-corrected chi connectivity index (χ1v) is 9.70. The summed E-state index contributed by atoms with van der Waals surface area (Å²) >= 11 is 2.23. The van der Waals surface area contributed by atoms with Gasteiger partial charge in [-0.15, -0.1) is 0 Å². The normalized spacial score (nSPS) is 17.1. The third-order valence-corrected chi connectivity index (χ3v) is 5.60. The third-order valence-electron chi connectivity index (χ3n) is 4.66. The lowest BCUT2D eigenvalue weighted by molar-refractivity contribution is -0.117. The lowest BCUT2D eigenvalue weighted by atomic mass is 10.0. The zero-order chi connectivity index (χ0) is 18.5. The number of nitrogens with one attached hydrogen (secondary N) is 1. The van der Waals surface area contributed by atoms with Crippen molar-refractivity contribution in [3.8, 4) is 11.5 Å². The summed E-state index contributed by atoms with van der Waals surface area (Å²) < 4.78 is 11.9. The van der Waals surface area contributed by atoms with Crippen LogP contribution in [-0.2, 0) is 4.79 Å². The van der Waals surface area contributed by atoms with Crippen LogP contribution < -0.4 is 14.8 Å². The van der Waals surface area contributed by atoms with Crippen molar-refractivity contribution in [1.82, 2.24) is 4.90 Å². The number of anilines is 1. The second-order valence-corrected chi connectivity index (χ2v) is 7.43. The lowest BCUT2D eigenvalue weighted by Crippen LogP contribution is -2.33. The molecule has 1 aliphatic rings. The SMILES string of the molecule is COc1ccc([C@@H]2CCCN2CC(=O)Nc2ccccc2I)c(OC)c1. The van der Waals surface area contributed by atoms with Crippen molar-refractivity contribution in [3.63, 3.8) is 0 Å². The van der Waals surface area contributed by atoms with E-state index in [0.29, 0.717) is 6.54 Å². The van der Waals surface area contributed by atoms with Crippen molar-refractivity contribution in [2.24, 2.45) is 0 Å². The molecule has 1 aliphatic heterocycles. The first-order chi connectivity index (χ1) is 12.6. The summed E-state index contributed by atoms with van der Waals surface area (Å²) in [5.74, 6) is 1.58. The highest BCUT2D eigenvalue weighted by Gasteiger charge is 2.30. The molecule has 0 unspecified atom stereocenters. The fraction of sp³-hybridized carbons (Fsp3) is 0.350. The van der Waals surface area contributed by atoms with E-state index in [0.717, 1.165) is 45.7 Å². The molecule has 1 heterocycles. The number of hydrogen-bond acceptors (Lipinski definition) is 4. The minimum Gasteiger partial charge on any atom is -0.497 e. The van der Waals surface area contributed by atoms with Gasteiger partial charge in [0.2, 0.25) is 5.91 Å². The number of carbonyl (C=O) groups is 1. The molecule has 1 amide bonds. The number of hydrogen-bond donors (Lipinski definition) is 1. The van der Waals surface area contributed by atoms with Crippen molar-refractivity contribution in [3.05, 3.63) is 51.6 Å². The molecule has 5 nitrogen and oxygen atoms in total. The maximum atomic E-state index is 12.5. The summed E-state index contributed by atoms with van der Waals surface area (Å²) in [6.45, 7) is 1.27. The predicted molar refractivity (Wildman–Crippen MR) is 111 cm³/mol. The molecule has 0 spiro atoms. The largest absolute Gasteiger partial charge is 0.497 e. The molecule has 6 heteroatoms.